The van der Waals surface area contributed by atoms with Crippen LogP contribution in [0.5, 0.6) is 5.75 Å². The molecule has 1 aromatic rings. The van der Waals surface area contributed by atoms with E-state index in [9.17, 15) is 9.59 Å². The predicted octanol–water partition coefficient (Wildman–Crippen LogP) is 2.31. The molecule has 0 fully saturated rings. The van der Waals surface area contributed by atoms with E-state index in [0.29, 0.717) is 37.9 Å². The molecule has 1 rings (SSSR count). The molecule has 0 spiro atoms. The largest absolute Gasteiger partial charge is 0.494 e. The molecule has 2 N–H and O–H groups in total. The Balaban J connectivity index is 2.39. The van der Waals surface area contributed by atoms with Gasteiger partial charge in [0.1, 0.15) is 5.75 Å². The molecule has 1 amide bonds. The Bertz CT molecular complexity index is 398. The van der Waals surface area contributed by atoms with Crippen LogP contribution in [0.15, 0.2) is 24.3 Å². The zero-order valence-corrected chi connectivity index (χ0v) is 10.6. The van der Waals surface area contributed by atoms with Gasteiger partial charge in [0.05, 0.1) is 6.61 Å². The first-order valence-electron chi connectivity index (χ1n) is 6.18. The Labute approximate surface area is 107 Å². The number of benzene rings is 1. The average molecular weight is 249 g/mol. The van der Waals surface area contributed by atoms with Crippen LogP contribution in [-0.4, -0.2) is 18.3 Å². The van der Waals surface area contributed by atoms with Crippen molar-refractivity contribution >= 4 is 11.7 Å². The summed E-state index contributed by atoms with van der Waals surface area (Å²) < 4.78 is 5.30. The number of primary amides is 1. The van der Waals surface area contributed by atoms with Gasteiger partial charge in [-0.25, -0.2) is 0 Å². The molecule has 18 heavy (non-hydrogen) atoms. The standard InChI is InChI=1S/C14H19NO3/c1-2-18-12-9-7-11(8-10-12)13(16)5-3-4-6-14(15)17/h7-10H,2-6H2,1H3,(H2,15,17). The Morgan fingerprint density at radius 3 is 2.28 bits per heavy atom. The van der Waals surface area contributed by atoms with Crippen molar-refractivity contribution in [3.05, 3.63) is 29.8 Å². The molecule has 4 nitrogen and oxygen atoms in total. The minimum absolute atomic E-state index is 0.0857. The number of carbonyl (C=O) groups is 2. The van der Waals surface area contributed by atoms with Crippen LogP contribution in [0.2, 0.25) is 0 Å². The van der Waals surface area contributed by atoms with Gasteiger partial charge in [-0.1, -0.05) is 0 Å². The van der Waals surface area contributed by atoms with Gasteiger partial charge >= 0.3 is 0 Å². The maximum Gasteiger partial charge on any atom is 0.217 e. The summed E-state index contributed by atoms with van der Waals surface area (Å²) in [4.78, 5) is 22.3. The molecule has 0 saturated carbocycles. The van der Waals surface area contributed by atoms with Crippen LogP contribution in [0, 0.1) is 0 Å². The van der Waals surface area contributed by atoms with E-state index in [1.807, 2.05) is 6.92 Å². The van der Waals surface area contributed by atoms with E-state index in [4.69, 9.17) is 10.5 Å². The van der Waals surface area contributed by atoms with Crippen molar-refractivity contribution in [2.24, 2.45) is 5.73 Å². The maximum atomic E-state index is 11.8. The second-order valence-electron chi connectivity index (χ2n) is 4.05. The second kappa shape index (κ2) is 7.48. The molecule has 1 aromatic carbocycles. The summed E-state index contributed by atoms with van der Waals surface area (Å²) in [6.45, 7) is 2.53. The number of unbranched alkanes of at least 4 members (excludes halogenated alkanes) is 1. The summed E-state index contributed by atoms with van der Waals surface area (Å²) in [7, 11) is 0. The van der Waals surface area contributed by atoms with Gasteiger partial charge in [0, 0.05) is 18.4 Å². The molecule has 0 saturated heterocycles. The lowest BCUT2D eigenvalue weighted by molar-refractivity contribution is -0.118. The number of hydrogen-bond donors (Lipinski definition) is 1. The smallest absolute Gasteiger partial charge is 0.217 e. The summed E-state index contributed by atoms with van der Waals surface area (Å²) in [5.41, 5.74) is 5.71. The van der Waals surface area contributed by atoms with Crippen molar-refractivity contribution in [3.8, 4) is 5.75 Å². The highest BCUT2D eigenvalue weighted by atomic mass is 16.5. The van der Waals surface area contributed by atoms with Crippen LogP contribution in [0.4, 0.5) is 0 Å². The van der Waals surface area contributed by atoms with Gasteiger partial charge < -0.3 is 10.5 Å². The molecule has 0 radical (unpaired) electrons. The normalized spacial score (nSPS) is 10.1. The Morgan fingerprint density at radius 2 is 1.72 bits per heavy atom. The molecule has 0 bridgehead atoms. The summed E-state index contributed by atoms with van der Waals surface area (Å²) >= 11 is 0. The lowest BCUT2D eigenvalue weighted by Crippen LogP contribution is -2.10. The van der Waals surface area contributed by atoms with Crippen molar-refractivity contribution in [1.29, 1.82) is 0 Å². The number of Topliss-reactive ketones (excluding diaryl/α,β-unsaturated/α-hetero) is 1. The van der Waals surface area contributed by atoms with E-state index in [2.05, 4.69) is 0 Å². The van der Waals surface area contributed by atoms with Crippen LogP contribution in [0.3, 0.4) is 0 Å². The minimum Gasteiger partial charge on any atom is -0.494 e. The monoisotopic (exact) mass is 249 g/mol. The first kappa shape index (κ1) is 14.2. The zero-order chi connectivity index (χ0) is 13.4. The summed E-state index contributed by atoms with van der Waals surface area (Å²) in [5, 5.41) is 0. The van der Waals surface area contributed by atoms with Gasteiger partial charge in [-0.2, -0.15) is 0 Å². The van der Waals surface area contributed by atoms with Crippen molar-refractivity contribution in [1.82, 2.24) is 0 Å². The van der Waals surface area contributed by atoms with Crippen molar-refractivity contribution in [2.45, 2.75) is 32.6 Å². The lowest BCUT2D eigenvalue weighted by atomic mass is 10.0. The molecule has 0 unspecified atom stereocenters. The Hall–Kier alpha value is -1.84. The van der Waals surface area contributed by atoms with Crippen LogP contribution in [0.1, 0.15) is 43.0 Å². The fraction of sp³-hybridized carbons (Fsp3) is 0.429. The topological polar surface area (TPSA) is 69.4 Å². The van der Waals surface area contributed by atoms with Gasteiger partial charge in [-0.05, 0) is 44.0 Å². The fourth-order valence-electron chi connectivity index (χ4n) is 1.63. The minimum atomic E-state index is -0.316. The van der Waals surface area contributed by atoms with Crippen molar-refractivity contribution in [3.63, 3.8) is 0 Å². The highest BCUT2D eigenvalue weighted by molar-refractivity contribution is 5.96. The van der Waals surface area contributed by atoms with Gasteiger partial charge in [0.15, 0.2) is 5.78 Å². The van der Waals surface area contributed by atoms with Gasteiger partial charge in [-0.15, -0.1) is 0 Å². The third kappa shape index (κ3) is 4.99. The number of carbonyl (C=O) groups excluding carboxylic acids is 2. The number of rotatable bonds is 8. The molecule has 0 atom stereocenters. The molecule has 98 valence electrons. The van der Waals surface area contributed by atoms with Crippen LogP contribution in [0.25, 0.3) is 0 Å². The Morgan fingerprint density at radius 1 is 1.11 bits per heavy atom. The van der Waals surface area contributed by atoms with Crippen LogP contribution in [-0.2, 0) is 4.79 Å². The molecule has 4 heteroatoms. The predicted molar refractivity (Wildman–Crippen MR) is 69.6 cm³/mol. The molecule has 0 aliphatic rings. The maximum absolute atomic E-state index is 11.8. The van der Waals surface area contributed by atoms with E-state index in [-0.39, 0.29) is 11.7 Å². The number of hydrogen-bond acceptors (Lipinski definition) is 3. The first-order valence-corrected chi connectivity index (χ1v) is 6.18. The molecular formula is C14H19NO3. The van der Waals surface area contributed by atoms with E-state index in [0.717, 1.165) is 5.75 Å². The van der Waals surface area contributed by atoms with Gasteiger partial charge in [-0.3, -0.25) is 9.59 Å². The highest BCUT2D eigenvalue weighted by Crippen LogP contribution is 2.14. The SMILES string of the molecule is CCOc1ccc(C(=O)CCCCC(N)=O)cc1. The van der Waals surface area contributed by atoms with Crippen LogP contribution < -0.4 is 10.5 Å². The van der Waals surface area contributed by atoms with E-state index in [1.165, 1.54) is 0 Å². The zero-order valence-electron chi connectivity index (χ0n) is 10.6. The number of ether oxygens (including phenoxy) is 1. The molecular weight excluding hydrogens is 230 g/mol. The summed E-state index contributed by atoms with van der Waals surface area (Å²) in [5.74, 6) is 0.536. The average Bonchev–Trinajstić information content (AvgIpc) is 2.35. The molecule has 0 heterocycles. The van der Waals surface area contributed by atoms with Crippen molar-refractivity contribution in [2.75, 3.05) is 6.61 Å². The number of amides is 1. The van der Waals surface area contributed by atoms with E-state index in [1.54, 1.807) is 24.3 Å². The quantitative estimate of drug-likeness (QED) is 0.567. The van der Waals surface area contributed by atoms with Crippen LogP contribution >= 0.6 is 0 Å². The number of nitrogens with two attached hydrogens (primary N) is 1. The highest BCUT2D eigenvalue weighted by Gasteiger charge is 2.06. The fourth-order valence-corrected chi connectivity index (χ4v) is 1.63. The summed E-state index contributed by atoms with van der Waals surface area (Å²) in [6, 6.07) is 7.11. The molecule has 0 aliphatic heterocycles. The van der Waals surface area contributed by atoms with Crippen molar-refractivity contribution < 1.29 is 14.3 Å². The third-order valence-electron chi connectivity index (χ3n) is 2.56. The number of ketones is 1. The van der Waals surface area contributed by atoms with E-state index >= 15 is 0 Å². The van der Waals surface area contributed by atoms with E-state index < -0.39 is 0 Å². The third-order valence-corrected chi connectivity index (χ3v) is 2.56. The second-order valence-corrected chi connectivity index (χ2v) is 4.05. The first-order chi connectivity index (χ1) is 8.63. The lowest BCUT2D eigenvalue weighted by Gasteiger charge is -2.04. The molecule has 0 aliphatic carbocycles. The van der Waals surface area contributed by atoms with Gasteiger partial charge in [0.25, 0.3) is 0 Å². The Kier molecular flexibility index (Phi) is 5.91. The van der Waals surface area contributed by atoms with Gasteiger partial charge in [0.2, 0.25) is 5.91 Å². The summed E-state index contributed by atoms with van der Waals surface area (Å²) in [6.07, 6.45) is 2.14. The molecule has 0 aromatic heterocycles.